The fraction of sp³-hybridized carbons (Fsp3) is 0.120. The molecule has 5 nitrogen and oxygen atoms in total. The number of nitriles is 1. The number of para-hydroxylation sites is 1. The minimum absolute atomic E-state index is 0.201. The zero-order chi connectivity index (χ0) is 21.3. The maximum atomic E-state index is 12.1. The van der Waals surface area contributed by atoms with Gasteiger partial charge in [0, 0.05) is 5.56 Å². The molecule has 0 fully saturated rings. The molecule has 3 rings (SSSR count). The lowest BCUT2D eigenvalue weighted by molar-refractivity contribution is -0.136. The van der Waals surface area contributed by atoms with E-state index < -0.39 is 5.97 Å². The molecule has 0 aliphatic heterocycles. The number of hydrogen-bond acceptors (Lipinski definition) is 5. The summed E-state index contributed by atoms with van der Waals surface area (Å²) in [6, 6.07) is 23.9. The summed E-state index contributed by atoms with van der Waals surface area (Å²) in [5.74, 6) is 1.08. The van der Waals surface area contributed by atoms with Gasteiger partial charge in [-0.05, 0) is 55.0 Å². The van der Waals surface area contributed by atoms with Gasteiger partial charge in [0.05, 0.1) is 18.8 Å². The maximum Gasteiger partial charge on any atom is 0.349 e. The smallest absolute Gasteiger partial charge is 0.349 e. The summed E-state index contributed by atoms with van der Waals surface area (Å²) in [7, 11) is 1.56. The monoisotopic (exact) mass is 399 g/mol. The Bertz CT molecular complexity index is 1090. The van der Waals surface area contributed by atoms with E-state index in [1.807, 2.05) is 43.3 Å². The second-order valence-corrected chi connectivity index (χ2v) is 6.52. The molecule has 0 heterocycles. The number of carbonyl (C=O) groups excluding carboxylic acids is 1. The zero-order valence-corrected chi connectivity index (χ0v) is 16.8. The minimum atomic E-state index is -0.512. The Hall–Kier alpha value is -4.04. The molecule has 0 atom stereocenters. The number of nitrogens with zero attached hydrogens (tertiary/aromatic N) is 1. The van der Waals surface area contributed by atoms with Crippen molar-refractivity contribution in [3.05, 3.63) is 89.5 Å². The van der Waals surface area contributed by atoms with E-state index in [1.165, 1.54) is 0 Å². The average Bonchev–Trinajstić information content (AvgIpc) is 2.77. The SMILES string of the molecule is COc1ccccc1/C(C#N)=C\c1cccc(OC(=O)COc2ccc(C)cc2)c1. The summed E-state index contributed by atoms with van der Waals surface area (Å²) in [5.41, 5.74) is 2.97. The second-order valence-electron chi connectivity index (χ2n) is 6.52. The number of methoxy groups -OCH3 is 1. The van der Waals surface area contributed by atoms with Gasteiger partial charge in [0.25, 0.3) is 0 Å². The molecule has 0 bridgehead atoms. The van der Waals surface area contributed by atoms with Gasteiger partial charge >= 0.3 is 5.97 Å². The van der Waals surface area contributed by atoms with Crippen LogP contribution in [0, 0.1) is 18.3 Å². The Morgan fingerprint density at radius 2 is 1.77 bits per heavy atom. The molecule has 3 aromatic rings. The van der Waals surface area contributed by atoms with Crippen LogP contribution < -0.4 is 14.2 Å². The molecular formula is C25H21NO4. The van der Waals surface area contributed by atoms with Gasteiger partial charge in [-0.3, -0.25) is 0 Å². The highest BCUT2D eigenvalue weighted by Gasteiger charge is 2.09. The third-order valence-corrected chi connectivity index (χ3v) is 4.30. The van der Waals surface area contributed by atoms with Gasteiger partial charge in [0.15, 0.2) is 6.61 Å². The molecule has 0 aromatic heterocycles. The highest BCUT2D eigenvalue weighted by molar-refractivity contribution is 5.91. The van der Waals surface area contributed by atoms with E-state index in [0.29, 0.717) is 28.4 Å². The van der Waals surface area contributed by atoms with Crippen molar-refractivity contribution in [2.24, 2.45) is 0 Å². The van der Waals surface area contributed by atoms with Crippen LogP contribution in [0.25, 0.3) is 11.6 Å². The van der Waals surface area contributed by atoms with E-state index in [1.54, 1.807) is 49.6 Å². The van der Waals surface area contributed by atoms with E-state index >= 15 is 0 Å². The number of esters is 1. The van der Waals surface area contributed by atoms with Crippen LogP contribution in [-0.4, -0.2) is 19.7 Å². The molecule has 0 aliphatic rings. The number of allylic oxidation sites excluding steroid dienone is 1. The Balaban J connectivity index is 1.70. The van der Waals surface area contributed by atoms with Crippen molar-refractivity contribution >= 4 is 17.6 Å². The van der Waals surface area contributed by atoms with Crippen molar-refractivity contribution in [3.63, 3.8) is 0 Å². The minimum Gasteiger partial charge on any atom is -0.496 e. The number of aryl methyl sites for hydroxylation is 1. The van der Waals surface area contributed by atoms with Crippen LogP contribution in [0.3, 0.4) is 0 Å². The topological polar surface area (TPSA) is 68.5 Å². The van der Waals surface area contributed by atoms with Crippen molar-refractivity contribution < 1.29 is 19.0 Å². The molecule has 0 saturated heterocycles. The van der Waals surface area contributed by atoms with Gasteiger partial charge in [-0.1, -0.05) is 42.0 Å². The molecule has 0 aliphatic carbocycles. The van der Waals surface area contributed by atoms with Crippen LogP contribution in [0.15, 0.2) is 72.8 Å². The first-order valence-corrected chi connectivity index (χ1v) is 9.34. The fourth-order valence-corrected chi connectivity index (χ4v) is 2.81. The lowest BCUT2D eigenvalue weighted by Crippen LogP contribution is -2.17. The van der Waals surface area contributed by atoms with Crippen molar-refractivity contribution in [1.29, 1.82) is 5.26 Å². The molecule has 5 heteroatoms. The normalized spacial score (nSPS) is 10.8. The van der Waals surface area contributed by atoms with Crippen molar-refractivity contribution in [2.75, 3.05) is 13.7 Å². The molecule has 150 valence electrons. The van der Waals surface area contributed by atoms with Crippen molar-refractivity contribution in [2.45, 2.75) is 6.92 Å². The predicted molar refractivity (Wildman–Crippen MR) is 115 cm³/mol. The number of rotatable bonds is 7. The second kappa shape index (κ2) is 9.94. The summed E-state index contributed by atoms with van der Waals surface area (Å²) in [6.45, 7) is 1.78. The van der Waals surface area contributed by atoms with Gasteiger partial charge in [-0.25, -0.2) is 4.79 Å². The number of benzene rings is 3. The van der Waals surface area contributed by atoms with Crippen molar-refractivity contribution in [3.8, 4) is 23.3 Å². The standard InChI is InChI=1S/C25H21NO4/c1-18-10-12-21(13-11-18)29-17-25(27)30-22-7-5-6-19(15-22)14-20(16-26)23-8-3-4-9-24(23)28-2/h3-15H,17H2,1-2H3/b20-14-. The summed E-state index contributed by atoms with van der Waals surface area (Å²) < 4.78 is 16.1. The first-order valence-electron chi connectivity index (χ1n) is 9.34. The van der Waals surface area contributed by atoms with Crippen LogP contribution in [0.4, 0.5) is 0 Å². The first kappa shape index (κ1) is 20.7. The number of carbonyl (C=O) groups is 1. The molecule has 0 unspecified atom stereocenters. The Morgan fingerprint density at radius 1 is 1.00 bits per heavy atom. The average molecular weight is 399 g/mol. The van der Waals surface area contributed by atoms with E-state index in [2.05, 4.69) is 6.07 Å². The molecule has 0 N–H and O–H groups in total. The van der Waals surface area contributed by atoms with Gasteiger partial charge in [0.1, 0.15) is 17.2 Å². The van der Waals surface area contributed by atoms with Crippen LogP contribution >= 0.6 is 0 Å². The van der Waals surface area contributed by atoms with E-state index in [4.69, 9.17) is 14.2 Å². The number of ether oxygens (including phenoxy) is 3. The quantitative estimate of drug-likeness (QED) is 0.241. The summed E-state index contributed by atoms with van der Waals surface area (Å²) in [5, 5.41) is 9.60. The highest BCUT2D eigenvalue weighted by atomic mass is 16.6. The first-order chi connectivity index (χ1) is 14.6. The van der Waals surface area contributed by atoms with E-state index in [9.17, 15) is 10.1 Å². The lowest BCUT2D eigenvalue weighted by Gasteiger charge is -2.08. The lowest BCUT2D eigenvalue weighted by atomic mass is 10.0. The zero-order valence-electron chi connectivity index (χ0n) is 16.8. The third-order valence-electron chi connectivity index (χ3n) is 4.30. The molecule has 30 heavy (non-hydrogen) atoms. The van der Waals surface area contributed by atoms with E-state index in [-0.39, 0.29) is 6.61 Å². The number of hydrogen-bond donors (Lipinski definition) is 0. The third kappa shape index (κ3) is 5.49. The van der Waals surface area contributed by atoms with Gasteiger partial charge < -0.3 is 14.2 Å². The van der Waals surface area contributed by atoms with Crippen LogP contribution in [0.5, 0.6) is 17.2 Å². The maximum absolute atomic E-state index is 12.1. The molecular weight excluding hydrogens is 378 g/mol. The van der Waals surface area contributed by atoms with Gasteiger partial charge in [-0.15, -0.1) is 0 Å². The molecule has 0 radical (unpaired) electrons. The summed E-state index contributed by atoms with van der Waals surface area (Å²) >= 11 is 0. The largest absolute Gasteiger partial charge is 0.496 e. The Morgan fingerprint density at radius 3 is 2.50 bits per heavy atom. The van der Waals surface area contributed by atoms with Crippen molar-refractivity contribution in [1.82, 2.24) is 0 Å². The summed E-state index contributed by atoms with van der Waals surface area (Å²) in [4.78, 5) is 12.1. The molecule has 3 aromatic carbocycles. The molecule has 0 saturated carbocycles. The van der Waals surface area contributed by atoms with Gasteiger partial charge in [-0.2, -0.15) is 5.26 Å². The fourth-order valence-electron chi connectivity index (χ4n) is 2.81. The van der Waals surface area contributed by atoms with Gasteiger partial charge in [0.2, 0.25) is 0 Å². The summed E-state index contributed by atoms with van der Waals surface area (Å²) in [6.07, 6.45) is 1.72. The molecule has 0 spiro atoms. The predicted octanol–water partition coefficient (Wildman–Crippen LogP) is 5.05. The van der Waals surface area contributed by atoms with Crippen LogP contribution in [-0.2, 0) is 4.79 Å². The Labute approximate surface area is 175 Å². The van der Waals surface area contributed by atoms with E-state index in [0.717, 1.165) is 11.1 Å². The molecule has 0 amide bonds. The van der Waals surface area contributed by atoms with Crippen LogP contribution in [0.2, 0.25) is 0 Å². The Kier molecular flexibility index (Phi) is 6.86. The highest BCUT2D eigenvalue weighted by Crippen LogP contribution is 2.27. The van der Waals surface area contributed by atoms with Crippen LogP contribution in [0.1, 0.15) is 16.7 Å².